The van der Waals surface area contributed by atoms with Crippen LogP contribution >= 0.6 is 0 Å². The van der Waals surface area contributed by atoms with Gasteiger partial charge in [0.1, 0.15) is 22.4 Å². The van der Waals surface area contributed by atoms with E-state index in [0.717, 1.165) is 40.8 Å². The molecule has 0 fully saturated rings. The fraction of sp³-hybridized carbons (Fsp3) is 0.120. The first-order chi connectivity index (χ1) is 16.5. The van der Waals surface area contributed by atoms with Gasteiger partial charge in [-0.05, 0) is 46.5 Å². The van der Waals surface area contributed by atoms with E-state index in [-0.39, 0.29) is 5.75 Å². The average molecular weight is 471 g/mol. The summed E-state index contributed by atoms with van der Waals surface area (Å²) in [4.78, 5) is 8.65. The lowest BCUT2D eigenvalue weighted by molar-refractivity contribution is 0.478. The molecule has 34 heavy (non-hydrogen) atoms. The van der Waals surface area contributed by atoms with Crippen molar-refractivity contribution in [2.75, 3.05) is 0 Å². The van der Waals surface area contributed by atoms with E-state index in [2.05, 4.69) is 27.5 Å². The van der Waals surface area contributed by atoms with E-state index in [1.54, 1.807) is 23.9 Å². The number of nitrogens with zero attached hydrogens (tertiary/aromatic N) is 3. The van der Waals surface area contributed by atoms with Crippen molar-refractivity contribution in [3.8, 4) is 39.7 Å². The van der Waals surface area contributed by atoms with Crippen LogP contribution in [-0.2, 0) is 31.1 Å². The summed E-state index contributed by atoms with van der Waals surface area (Å²) in [5.74, 6) is 0.665. The number of H-pyrrole nitrogens is 1. The summed E-state index contributed by atoms with van der Waals surface area (Å²) < 4.78 is 13.1. The van der Waals surface area contributed by atoms with E-state index < -0.39 is 11.0 Å². The average Bonchev–Trinajstić information content (AvgIpc) is 3.53. The van der Waals surface area contributed by atoms with E-state index in [1.807, 2.05) is 36.4 Å². The maximum absolute atomic E-state index is 11.4. The summed E-state index contributed by atoms with van der Waals surface area (Å²) in [5.41, 5.74) is 8.13. The zero-order valence-electron chi connectivity index (χ0n) is 18.4. The summed E-state index contributed by atoms with van der Waals surface area (Å²) in [6, 6.07) is 19.3. The van der Waals surface area contributed by atoms with Crippen molar-refractivity contribution in [2.45, 2.75) is 18.0 Å². The topological polar surface area (TPSA) is 122 Å². The molecular weight excluding hydrogens is 448 g/mol. The molecule has 9 heteroatoms. The molecule has 5 aromatic rings. The number of imidazole rings is 1. The zero-order chi connectivity index (χ0) is 23.4. The van der Waals surface area contributed by atoms with Crippen molar-refractivity contribution in [3.63, 3.8) is 0 Å². The molecule has 1 atom stereocenters. The summed E-state index contributed by atoms with van der Waals surface area (Å²) in [6.45, 7) is 1.70. The van der Waals surface area contributed by atoms with Crippen LogP contribution in [0.4, 0.5) is 0 Å². The Morgan fingerprint density at radius 2 is 1.59 bits per heavy atom. The number of hydrogen-bond donors (Lipinski definition) is 4. The fourth-order valence-electron chi connectivity index (χ4n) is 4.49. The number of benzene rings is 3. The van der Waals surface area contributed by atoms with Crippen LogP contribution in [0.5, 0.6) is 5.75 Å². The van der Waals surface area contributed by atoms with Crippen LogP contribution < -0.4 is 10.5 Å². The predicted octanol–water partition coefficient (Wildman–Crippen LogP) is 3.59. The SMILES string of the molecule is Cn1nc(-c2ccc(-c3ccc(S(N)=O)cc3)cc2)c(O)c1-c1nc2cc3c(cc2[nH]1)CNC3. The normalized spacial score (nSPS) is 13.9. The molecule has 1 aliphatic heterocycles. The van der Waals surface area contributed by atoms with Gasteiger partial charge in [-0.25, -0.2) is 14.3 Å². The molecule has 3 aromatic carbocycles. The van der Waals surface area contributed by atoms with Crippen LogP contribution in [0, 0.1) is 0 Å². The number of aromatic amines is 1. The van der Waals surface area contributed by atoms with Crippen LogP contribution in [0.15, 0.2) is 65.6 Å². The van der Waals surface area contributed by atoms with Crippen molar-refractivity contribution < 1.29 is 9.32 Å². The second-order valence-corrected chi connectivity index (χ2v) is 9.46. The number of aryl methyl sites for hydroxylation is 1. The summed E-state index contributed by atoms with van der Waals surface area (Å²) in [7, 11) is 0.303. The van der Waals surface area contributed by atoms with E-state index in [4.69, 9.17) is 10.1 Å². The van der Waals surface area contributed by atoms with Gasteiger partial charge in [-0.2, -0.15) is 5.10 Å². The fourth-order valence-corrected chi connectivity index (χ4v) is 4.90. The molecule has 0 saturated heterocycles. The van der Waals surface area contributed by atoms with Crippen LogP contribution in [0.1, 0.15) is 11.1 Å². The van der Waals surface area contributed by atoms with Crippen LogP contribution in [0.2, 0.25) is 0 Å². The Morgan fingerprint density at radius 1 is 0.971 bits per heavy atom. The molecule has 6 rings (SSSR count). The Kier molecular flexibility index (Phi) is 4.84. The monoisotopic (exact) mass is 470 g/mol. The van der Waals surface area contributed by atoms with Crippen molar-refractivity contribution in [1.82, 2.24) is 25.1 Å². The maximum atomic E-state index is 11.4. The number of fused-ring (bicyclic) bond motifs is 2. The molecule has 0 aliphatic carbocycles. The Bertz CT molecular complexity index is 1530. The second-order valence-electron chi connectivity index (χ2n) is 8.40. The number of nitrogens with one attached hydrogen (secondary N) is 2. The lowest BCUT2D eigenvalue weighted by Crippen LogP contribution is -2.01. The van der Waals surface area contributed by atoms with Crippen molar-refractivity contribution in [3.05, 3.63) is 71.8 Å². The minimum Gasteiger partial charge on any atom is -0.504 e. The summed E-state index contributed by atoms with van der Waals surface area (Å²) in [5, 5.41) is 24.4. The highest BCUT2D eigenvalue weighted by molar-refractivity contribution is 7.82. The van der Waals surface area contributed by atoms with Crippen molar-refractivity contribution in [2.24, 2.45) is 12.2 Å². The summed E-state index contributed by atoms with van der Waals surface area (Å²) >= 11 is 0. The lowest BCUT2D eigenvalue weighted by Gasteiger charge is -2.04. The number of hydrogen-bond acceptors (Lipinski definition) is 5. The van der Waals surface area contributed by atoms with Crippen molar-refractivity contribution in [1.29, 1.82) is 0 Å². The molecule has 0 spiro atoms. The van der Waals surface area contributed by atoms with Crippen LogP contribution in [-0.4, -0.2) is 29.1 Å². The van der Waals surface area contributed by atoms with Crippen LogP contribution in [0.25, 0.3) is 44.9 Å². The van der Waals surface area contributed by atoms with Crippen molar-refractivity contribution >= 4 is 22.0 Å². The highest BCUT2D eigenvalue weighted by Gasteiger charge is 2.22. The highest BCUT2D eigenvalue weighted by atomic mass is 32.2. The standard InChI is InChI=1S/C25H22N6O2S/c1-31-23(25-28-20-10-17-12-27-13-18(17)11-21(20)29-25)24(32)22(30-31)16-4-2-14(3-5-16)15-6-8-19(9-7-15)34(26)33/h2-11,27,32H,12-13,26H2,1H3,(H,28,29). The minimum absolute atomic E-state index is 0.0818. The largest absolute Gasteiger partial charge is 0.504 e. The minimum atomic E-state index is -1.50. The number of aromatic hydroxyl groups is 1. The number of aromatic nitrogens is 4. The van der Waals surface area contributed by atoms with Gasteiger partial charge in [-0.3, -0.25) is 4.68 Å². The third-order valence-corrected chi connectivity index (χ3v) is 7.00. The Balaban J connectivity index is 1.34. The predicted molar refractivity (Wildman–Crippen MR) is 132 cm³/mol. The van der Waals surface area contributed by atoms with Crippen LogP contribution in [0.3, 0.4) is 0 Å². The Labute approximate surface area is 198 Å². The molecule has 0 amide bonds. The van der Waals surface area contributed by atoms with E-state index in [9.17, 15) is 9.32 Å². The third-order valence-electron chi connectivity index (χ3n) is 6.26. The molecule has 170 valence electrons. The third kappa shape index (κ3) is 3.41. The van der Waals surface area contributed by atoms with Gasteiger partial charge in [0.2, 0.25) is 0 Å². The van der Waals surface area contributed by atoms with Gasteiger partial charge < -0.3 is 15.4 Å². The number of nitrogens with two attached hydrogens (primary N) is 1. The van der Waals surface area contributed by atoms with E-state index in [0.29, 0.717) is 22.1 Å². The Morgan fingerprint density at radius 3 is 2.26 bits per heavy atom. The molecule has 0 saturated carbocycles. The molecule has 0 radical (unpaired) electrons. The summed E-state index contributed by atoms with van der Waals surface area (Å²) in [6.07, 6.45) is 0. The molecule has 8 nitrogen and oxygen atoms in total. The first kappa shape index (κ1) is 20.8. The Hall–Kier alpha value is -3.79. The molecule has 5 N–H and O–H groups in total. The molecule has 0 bridgehead atoms. The highest BCUT2D eigenvalue weighted by Crippen LogP contribution is 2.38. The van der Waals surface area contributed by atoms with Gasteiger partial charge >= 0.3 is 0 Å². The molecular formula is C25H22N6O2S. The zero-order valence-corrected chi connectivity index (χ0v) is 19.2. The smallest absolute Gasteiger partial charge is 0.173 e. The van der Waals surface area contributed by atoms with Gasteiger partial charge in [-0.15, -0.1) is 0 Å². The lowest BCUT2D eigenvalue weighted by atomic mass is 10.0. The number of rotatable bonds is 4. The first-order valence-corrected chi connectivity index (χ1v) is 12.0. The van der Waals surface area contributed by atoms with Gasteiger partial charge in [0.15, 0.2) is 11.6 Å². The quantitative estimate of drug-likeness (QED) is 0.320. The van der Waals surface area contributed by atoms with E-state index >= 15 is 0 Å². The van der Waals surface area contributed by atoms with E-state index in [1.165, 1.54) is 11.1 Å². The first-order valence-electron chi connectivity index (χ1n) is 10.8. The van der Waals surface area contributed by atoms with Gasteiger partial charge in [0.05, 0.1) is 15.9 Å². The molecule has 1 unspecified atom stereocenters. The van der Waals surface area contributed by atoms with Gasteiger partial charge in [0.25, 0.3) is 0 Å². The molecule has 2 aromatic heterocycles. The maximum Gasteiger partial charge on any atom is 0.173 e. The van der Waals surface area contributed by atoms with Gasteiger partial charge in [-0.1, -0.05) is 36.4 Å². The van der Waals surface area contributed by atoms with Gasteiger partial charge in [0, 0.05) is 25.7 Å². The molecule has 1 aliphatic rings. The molecule has 3 heterocycles. The second kappa shape index (κ2) is 7.91.